The molecule has 4 rings (SSSR count). The van der Waals surface area contributed by atoms with Crippen LogP contribution in [0.2, 0.25) is 0 Å². The molecule has 3 heterocycles. The molecule has 1 aromatic heterocycles. The van der Waals surface area contributed by atoms with Crippen molar-refractivity contribution in [3.05, 3.63) is 58.0 Å². The highest BCUT2D eigenvalue weighted by molar-refractivity contribution is 7.09. The summed E-state index contributed by atoms with van der Waals surface area (Å²) in [4.78, 5) is 27.8. The molecule has 0 radical (unpaired) electrons. The number of benzene rings is 1. The molecule has 0 unspecified atom stereocenters. The molecular weight excluding hydrogens is 375 g/mol. The van der Waals surface area contributed by atoms with Gasteiger partial charge in [-0.3, -0.25) is 9.59 Å². The summed E-state index contributed by atoms with van der Waals surface area (Å²) in [5, 5.41) is 5.18. The molecule has 0 saturated carbocycles. The lowest BCUT2D eigenvalue weighted by molar-refractivity contribution is -0.131. The van der Waals surface area contributed by atoms with E-state index < -0.39 is 0 Å². The normalized spacial score (nSPS) is 24.5. The molecule has 0 bridgehead atoms. The molecule has 4 nitrogen and oxygen atoms in total. The molecule has 148 valence electrons. The van der Waals surface area contributed by atoms with E-state index in [4.69, 9.17) is 0 Å². The second-order valence-electron chi connectivity index (χ2n) is 7.93. The number of rotatable bonds is 6. The van der Waals surface area contributed by atoms with E-state index in [1.807, 2.05) is 28.5 Å². The largest absolute Gasteiger partial charge is 0.350 e. The van der Waals surface area contributed by atoms with Gasteiger partial charge in [0.1, 0.15) is 5.82 Å². The number of carbonyl (C=O) groups excluding carboxylic acids is 2. The van der Waals surface area contributed by atoms with E-state index in [2.05, 4.69) is 11.4 Å². The fraction of sp³-hybridized carbons (Fsp3) is 0.455. The first-order chi connectivity index (χ1) is 13.5. The van der Waals surface area contributed by atoms with Crippen molar-refractivity contribution >= 4 is 23.2 Å². The molecule has 2 aliphatic rings. The third kappa shape index (κ3) is 4.12. The van der Waals surface area contributed by atoms with Gasteiger partial charge in [0.15, 0.2) is 0 Å². The zero-order valence-corrected chi connectivity index (χ0v) is 16.6. The number of hydrogen-bond donors (Lipinski definition) is 1. The predicted octanol–water partition coefficient (Wildman–Crippen LogP) is 3.87. The summed E-state index contributed by atoms with van der Waals surface area (Å²) < 4.78 is 14.0. The van der Waals surface area contributed by atoms with Gasteiger partial charge in [0.2, 0.25) is 11.8 Å². The molecule has 0 spiro atoms. The van der Waals surface area contributed by atoms with Gasteiger partial charge in [-0.25, -0.2) is 4.39 Å². The smallest absolute Gasteiger partial charge is 0.222 e. The highest BCUT2D eigenvalue weighted by Crippen LogP contribution is 2.33. The Morgan fingerprint density at radius 2 is 2.14 bits per heavy atom. The van der Waals surface area contributed by atoms with Gasteiger partial charge in [0, 0.05) is 48.7 Å². The fourth-order valence-electron chi connectivity index (χ4n) is 4.48. The Kier molecular flexibility index (Phi) is 5.49. The van der Waals surface area contributed by atoms with Crippen molar-refractivity contribution in [3.8, 4) is 0 Å². The number of likely N-dealkylation sites (tertiary alicyclic amines) is 1. The van der Waals surface area contributed by atoms with Crippen LogP contribution in [0, 0.1) is 5.82 Å². The summed E-state index contributed by atoms with van der Waals surface area (Å²) in [5.74, 6) is 0.0529. The number of halogens is 1. The third-order valence-electron chi connectivity index (χ3n) is 6.03. The first-order valence-electron chi connectivity index (χ1n) is 9.90. The van der Waals surface area contributed by atoms with Gasteiger partial charge in [0.05, 0.1) is 0 Å². The first kappa shape index (κ1) is 19.1. The minimum Gasteiger partial charge on any atom is -0.350 e. The van der Waals surface area contributed by atoms with Crippen LogP contribution in [0.1, 0.15) is 48.5 Å². The van der Waals surface area contributed by atoms with Crippen molar-refractivity contribution < 1.29 is 14.0 Å². The quantitative estimate of drug-likeness (QED) is 0.800. The van der Waals surface area contributed by atoms with Crippen LogP contribution in [-0.2, 0) is 16.0 Å². The van der Waals surface area contributed by atoms with Crippen LogP contribution in [0.15, 0.2) is 41.8 Å². The van der Waals surface area contributed by atoms with Crippen molar-refractivity contribution in [3.63, 3.8) is 0 Å². The van der Waals surface area contributed by atoms with Crippen LogP contribution in [0.3, 0.4) is 0 Å². The van der Waals surface area contributed by atoms with E-state index in [1.165, 1.54) is 10.9 Å². The maximum Gasteiger partial charge on any atom is 0.222 e. The summed E-state index contributed by atoms with van der Waals surface area (Å²) in [6.45, 7) is 1.24. The topological polar surface area (TPSA) is 49.4 Å². The Bertz CT molecular complexity index is 854. The molecule has 2 atom stereocenters. The lowest BCUT2D eigenvalue weighted by Crippen LogP contribution is -2.44. The second-order valence-corrected chi connectivity index (χ2v) is 8.96. The van der Waals surface area contributed by atoms with Crippen LogP contribution < -0.4 is 5.32 Å². The van der Waals surface area contributed by atoms with E-state index in [-0.39, 0.29) is 29.1 Å². The van der Waals surface area contributed by atoms with Crippen molar-refractivity contribution in [1.29, 1.82) is 0 Å². The van der Waals surface area contributed by atoms with Gasteiger partial charge >= 0.3 is 0 Å². The van der Waals surface area contributed by atoms with Crippen LogP contribution in [0.25, 0.3) is 0 Å². The van der Waals surface area contributed by atoms with Crippen LogP contribution in [0.4, 0.5) is 4.39 Å². The molecule has 28 heavy (non-hydrogen) atoms. The lowest BCUT2D eigenvalue weighted by Gasteiger charge is -2.29. The molecular formula is C22H25FN2O2S. The molecule has 2 aromatic rings. The van der Waals surface area contributed by atoms with E-state index >= 15 is 0 Å². The van der Waals surface area contributed by atoms with Gasteiger partial charge < -0.3 is 10.2 Å². The summed E-state index contributed by atoms with van der Waals surface area (Å²) in [5.41, 5.74) is 0.387. The lowest BCUT2D eigenvalue weighted by atomic mass is 9.87. The van der Waals surface area contributed by atoms with Gasteiger partial charge in [0.25, 0.3) is 0 Å². The fourth-order valence-corrected chi connectivity index (χ4v) is 5.33. The van der Waals surface area contributed by atoms with Gasteiger partial charge in [-0.1, -0.05) is 24.3 Å². The second kappa shape index (κ2) is 8.03. The summed E-state index contributed by atoms with van der Waals surface area (Å²) in [6, 6.07) is 10.9. The number of hydrogen-bond acceptors (Lipinski definition) is 3. The van der Waals surface area contributed by atoms with Crippen LogP contribution in [-0.4, -0.2) is 35.3 Å². The summed E-state index contributed by atoms with van der Waals surface area (Å²) in [7, 11) is 0. The van der Waals surface area contributed by atoms with E-state index in [1.54, 1.807) is 17.4 Å². The standard InChI is InChI=1S/C22H25FN2O2S/c23-19-6-2-1-5-18(19)16-9-12-25(15-16)21(27)8-11-22(10-7-20(26)24-22)14-17-4-3-13-28-17/h1-6,13,16H,7-12,14-15H2,(H,24,26)/t16-,22-/m0/s1. The zero-order chi connectivity index (χ0) is 19.6. The molecule has 2 aliphatic heterocycles. The minimum atomic E-state index is -0.317. The van der Waals surface area contributed by atoms with Gasteiger partial charge in [-0.2, -0.15) is 0 Å². The average molecular weight is 401 g/mol. The van der Waals surface area contributed by atoms with Crippen LogP contribution in [0.5, 0.6) is 0 Å². The summed E-state index contributed by atoms with van der Waals surface area (Å²) in [6.07, 6.45) is 3.94. The average Bonchev–Trinajstić information content (AvgIpc) is 3.43. The molecule has 2 amide bonds. The number of carbonyl (C=O) groups is 2. The van der Waals surface area contributed by atoms with Gasteiger partial charge in [-0.15, -0.1) is 11.3 Å². The molecule has 2 saturated heterocycles. The molecule has 2 fully saturated rings. The van der Waals surface area contributed by atoms with Crippen molar-refractivity contribution in [2.24, 2.45) is 0 Å². The number of nitrogens with zero attached hydrogens (tertiary/aromatic N) is 1. The van der Waals surface area contributed by atoms with Gasteiger partial charge in [-0.05, 0) is 42.3 Å². The predicted molar refractivity (Wildman–Crippen MR) is 108 cm³/mol. The molecule has 0 aliphatic carbocycles. The number of nitrogens with one attached hydrogen (secondary N) is 1. The zero-order valence-electron chi connectivity index (χ0n) is 15.8. The van der Waals surface area contributed by atoms with E-state index in [9.17, 15) is 14.0 Å². The van der Waals surface area contributed by atoms with Crippen molar-refractivity contribution in [2.45, 2.75) is 50.0 Å². The Balaban J connectivity index is 1.36. The highest BCUT2D eigenvalue weighted by Gasteiger charge is 2.39. The van der Waals surface area contributed by atoms with Crippen LogP contribution >= 0.6 is 11.3 Å². The first-order valence-corrected chi connectivity index (χ1v) is 10.8. The molecule has 6 heteroatoms. The third-order valence-corrected chi connectivity index (χ3v) is 6.91. The Labute approximate surface area is 168 Å². The van der Waals surface area contributed by atoms with Crippen molar-refractivity contribution in [1.82, 2.24) is 10.2 Å². The molecule has 1 aromatic carbocycles. The van der Waals surface area contributed by atoms with Crippen molar-refractivity contribution in [2.75, 3.05) is 13.1 Å². The SMILES string of the molecule is O=C1CC[C@](CCC(=O)N2CC[C@H](c3ccccc3F)C2)(Cc2cccs2)N1. The van der Waals surface area contributed by atoms with E-state index in [0.717, 1.165) is 19.3 Å². The maximum absolute atomic E-state index is 14.0. The Morgan fingerprint density at radius 1 is 1.29 bits per heavy atom. The highest BCUT2D eigenvalue weighted by atomic mass is 32.1. The molecule has 1 N–H and O–H groups in total. The number of amides is 2. The monoisotopic (exact) mass is 400 g/mol. The minimum absolute atomic E-state index is 0.0661. The summed E-state index contributed by atoms with van der Waals surface area (Å²) >= 11 is 1.69. The Hall–Kier alpha value is -2.21. The van der Waals surface area contributed by atoms with E-state index in [0.29, 0.717) is 37.9 Å². The maximum atomic E-state index is 14.0. The number of thiophene rings is 1. The Morgan fingerprint density at radius 3 is 2.86 bits per heavy atom.